The van der Waals surface area contributed by atoms with Gasteiger partial charge in [0.15, 0.2) is 0 Å². The summed E-state index contributed by atoms with van der Waals surface area (Å²) in [7, 11) is 1.55. The number of fused-ring (bicyclic) bond motifs is 1. The third-order valence-corrected chi connectivity index (χ3v) is 4.31. The van der Waals surface area contributed by atoms with E-state index >= 15 is 0 Å². The van der Waals surface area contributed by atoms with Crippen molar-refractivity contribution in [2.75, 3.05) is 11.9 Å². The Kier molecular flexibility index (Phi) is 4.82. The maximum Gasteiger partial charge on any atom is 0.281 e. The average Bonchev–Trinajstić information content (AvgIpc) is 2.55. The number of rotatable bonds is 3. The highest BCUT2D eigenvalue weighted by molar-refractivity contribution is 6.01. The molecule has 2 heterocycles. The second-order valence-electron chi connectivity index (χ2n) is 7.76. The molecule has 0 bridgehead atoms. The summed E-state index contributed by atoms with van der Waals surface area (Å²) in [5, 5.41) is 4.24. The molecule has 1 aromatic carbocycles. The van der Waals surface area contributed by atoms with Gasteiger partial charge in [-0.05, 0) is 57.4 Å². The van der Waals surface area contributed by atoms with Gasteiger partial charge < -0.3 is 5.32 Å². The molecule has 0 saturated heterocycles. The van der Waals surface area contributed by atoms with Crippen LogP contribution in [0.1, 0.15) is 42.3 Å². The first-order chi connectivity index (χ1) is 12.6. The monoisotopic (exact) mass is 373 g/mol. The molecule has 1 amide bonds. The van der Waals surface area contributed by atoms with Gasteiger partial charge in [-0.3, -0.25) is 19.0 Å². The smallest absolute Gasteiger partial charge is 0.281 e. The summed E-state index contributed by atoms with van der Waals surface area (Å²) in [6, 6.07) is 6.20. The normalized spacial score (nSPS) is 14.3. The number of nitrogens with one attached hydrogen (secondary N) is 1. The number of carbonyl (C=O) groups excluding carboxylic acids is 1. The fraction of sp³-hybridized carbons (Fsp3) is 0.400. The summed E-state index contributed by atoms with van der Waals surface area (Å²) in [6.45, 7) is 7.72. The van der Waals surface area contributed by atoms with Crippen LogP contribution in [0.5, 0.6) is 0 Å². The van der Waals surface area contributed by atoms with Crippen molar-refractivity contribution in [3.63, 3.8) is 0 Å². The Hall–Kier alpha value is -2.67. The van der Waals surface area contributed by atoms with E-state index < -0.39 is 11.4 Å². The standard InChI is InChI=1S/C20H24FN3O3/c1-12-6-7-15(14(21)10-12)22-18-17-13(11-16(25)23(18)5)8-9-24(19(17)26)27-20(2,3)4/h6-7,10-11,22H,8-9H2,1-5H3. The Bertz CT molecular complexity index is 960. The number of benzene rings is 1. The van der Waals surface area contributed by atoms with E-state index in [0.717, 1.165) is 5.56 Å². The highest BCUT2D eigenvalue weighted by Gasteiger charge is 2.32. The van der Waals surface area contributed by atoms with Gasteiger partial charge in [-0.1, -0.05) is 6.07 Å². The molecule has 0 radical (unpaired) electrons. The molecule has 2 aromatic rings. The number of carbonyl (C=O) groups is 1. The molecule has 27 heavy (non-hydrogen) atoms. The Morgan fingerprint density at radius 3 is 2.52 bits per heavy atom. The first-order valence-electron chi connectivity index (χ1n) is 8.84. The average molecular weight is 373 g/mol. The molecule has 144 valence electrons. The van der Waals surface area contributed by atoms with Crippen molar-refractivity contribution in [1.29, 1.82) is 0 Å². The van der Waals surface area contributed by atoms with Crippen LogP contribution in [-0.4, -0.2) is 27.7 Å². The second-order valence-corrected chi connectivity index (χ2v) is 7.76. The molecule has 0 unspecified atom stereocenters. The summed E-state index contributed by atoms with van der Waals surface area (Å²) in [5.74, 6) is -0.546. The third kappa shape index (κ3) is 3.88. The maximum absolute atomic E-state index is 14.3. The van der Waals surface area contributed by atoms with Crippen LogP contribution in [0, 0.1) is 12.7 Å². The Balaban J connectivity index is 2.08. The minimum Gasteiger partial charge on any atom is -0.338 e. The maximum atomic E-state index is 14.3. The molecule has 1 aromatic heterocycles. The molecule has 3 rings (SSSR count). The van der Waals surface area contributed by atoms with Crippen molar-refractivity contribution < 1.29 is 14.0 Å². The number of amides is 1. The van der Waals surface area contributed by atoms with Crippen molar-refractivity contribution in [3.8, 4) is 0 Å². The van der Waals surface area contributed by atoms with E-state index in [1.54, 1.807) is 26.1 Å². The molecule has 0 saturated carbocycles. The van der Waals surface area contributed by atoms with E-state index in [0.29, 0.717) is 24.1 Å². The van der Waals surface area contributed by atoms with Crippen LogP contribution in [0.4, 0.5) is 15.9 Å². The fourth-order valence-electron chi connectivity index (χ4n) is 3.05. The highest BCUT2D eigenvalue weighted by Crippen LogP contribution is 2.29. The number of anilines is 2. The van der Waals surface area contributed by atoms with Crippen molar-refractivity contribution in [2.45, 2.75) is 39.7 Å². The van der Waals surface area contributed by atoms with Gasteiger partial charge in [-0.2, -0.15) is 0 Å². The van der Waals surface area contributed by atoms with Crippen molar-refractivity contribution in [2.24, 2.45) is 7.05 Å². The molecule has 1 aliphatic rings. The number of hydroxylamine groups is 2. The number of pyridine rings is 1. The van der Waals surface area contributed by atoms with Crippen molar-refractivity contribution in [3.05, 3.63) is 57.1 Å². The number of hydrogen-bond acceptors (Lipinski definition) is 4. The van der Waals surface area contributed by atoms with Gasteiger partial charge in [-0.25, -0.2) is 9.45 Å². The Labute approximate surface area is 157 Å². The van der Waals surface area contributed by atoms with E-state index in [9.17, 15) is 14.0 Å². The van der Waals surface area contributed by atoms with E-state index in [1.807, 2.05) is 20.8 Å². The largest absolute Gasteiger partial charge is 0.338 e. The highest BCUT2D eigenvalue weighted by atomic mass is 19.1. The van der Waals surface area contributed by atoms with Crippen LogP contribution in [0.3, 0.4) is 0 Å². The molecule has 7 heteroatoms. The number of hydrogen-bond donors (Lipinski definition) is 1. The Morgan fingerprint density at radius 1 is 1.19 bits per heavy atom. The van der Waals surface area contributed by atoms with Crippen LogP contribution in [0.25, 0.3) is 0 Å². The summed E-state index contributed by atoms with van der Waals surface area (Å²) in [5.41, 5.74) is 1.14. The number of aryl methyl sites for hydroxylation is 1. The van der Waals surface area contributed by atoms with Crippen molar-refractivity contribution >= 4 is 17.4 Å². The minimum absolute atomic E-state index is 0.200. The van der Waals surface area contributed by atoms with Gasteiger partial charge in [-0.15, -0.1) is 0 Å². The number of nitrogens with zero attached hydrogens (tertiary/aromatic N) is 2. The van der Waals surface area contributed by atoms with Gasteiger partial charge >= 0.3 is 0 Å². The molecule has 1 aliphatic heterocycles. The van der Waals surface area contributed by atoms with E-state index in [1.165, 1.54) is 21.8 Å². The summed E-state index contributed by atoms with van der Waals surface area (Å²) in [6.07, 6.45) is 0.484. The summed E-state index contributed by atoms with van der Waals surface area (Å²) < 4.78 is 15.6. The van der Waals surface area contributed by atoms with E-state index in [4.69, 9.17) is 4.84 Å². The lowest BCUT2D eigenvalue weighted by Crippen LogP contribution is -2.44. The Morgan fingerprint density at radius 2 is 1.89 bits per heavy atom. The quantitative estimate of drug-likeness (QED) is 0.897. The third-order valence-electron chi connectivity index (χ3n) is 4.31. The molecule has 0 spiro atoms. The molecular formula is C20H24FN3O3. The van der Waals surface area contributed by atoms with E-state index in [2.05, 4.69) is 5.32 Å². The van der Waals surface area contributed by atoms with Crippen LogP contribution >= 0.6 is 0 Å². The lowest BCUT2D eigenvalue weighted by atomic mass is 10.0. The first-order valence-corrected chi connectivity index (χ1v) is 8.84. The van der Waals surface area contributed by atoms with Crippen LogP contribution in [0.2, 0.25) is 0 Å². The van der Waals surface area contributed by atoms with Crippen LogP contribution in [-0.2, 0) is 18.3 Å². The topological polar surface area (TPSA) is 63.6 Å². The SMILES string of the molecule is Cc1ccc(Nc2c3c(cc(=O)n2C)CCN(OC(C)(C)C)C3=O)c(F)c1. The second kappa shape index (κ2) is 6.81. The predicted octanol–water partition coefficient (Wildman–Crippen LogP) is 3.30. The lowest BCUT2D eigenvalue weighted by molar-refractivity contribution is -0.197. The lowest BCUT2D eigenvalue weighted by Gasteiger charge is -2.34. The van der Waals surface area contributed by atoms with Crippen LogP contribution in [0.15, 0.2) is 29.1 Å². The molecule has 6 nitrogen and oxygen atoms in total. The minimum atomic E-state index is -0.537. The van der Waals surface area contributed by atoms with Gasteiger partial charge in [0.25, 0.3) is 11.5 Å². The molecule has 1 N–H and O–H groups in total. The molecule has 0 aliphatic carbocycles. The van der Waals surface area contributed by atoms with Gasteiger partial charge in [0.1, 0.15) is 11.6 Å². The summed E-state index contributed by atoms with van der Waals surface area (Å²) >= 11 is 0. The number of halogens is 1. The molecule has 0 atom stereocenters. The first kappa shape index (κ1) is 19.1. The van der Waals surface area contributed by atoms with E-state index in [-0.39, 0.29) is 23.0 Å². The zero-order valence-electron chi connectivity index (χ0n) is 16.2. The van der Waals surface area contributed by atoms with Gasteiger partial charge in [0, 0.05) is 13.1 Å². The van der Waals surface area contributed by atoms with Crippen LogP contribution < -0.4 is 10.9 Å². The van der Waals surface area contributed by atoms with Gasteiger partial charge in [0.05, 0.1) is 23.4 Å². The zero-order chi connectivity index (χ0) is 19.9. The van der Waals surface area contributed by atoms with Crippen molar-refractivity contribution in [1.82, 2.24) is 9.63 Å². The van der Waals surface area contributed by atoms with Gasteiger partial charge in [0.2, 0.25) is 0 Å². The number of aromatic nitrogens is 1. The molecular weight excluding hydrogens is 349 g/mol. The summed E-state index contributed by atoms with van der Waals surface area (Å²) in [4.78, 5) is 31.1. The predicted molar refractivity (Wildman–Crippen MR) is 102 cm³/mol. The fourth-order valence-corrected chi connectivity index (χ4v) is 3.05. The molecule has 0 fully saturated rings. The zero-order valence-corrected chi connectivity index (χ0v) is 16.2.